The van der Waals surface area contributed by atoms with E-state index in [0.29, 0.717) is 5.69 Å². The molecule has 1 unspecified atom stereocenters. The van der Waals surface area contributed by atoms with Crippen molar-refractivity contribution in [3.05, 3.63) is 59.9 Å². The Kier molecular flexibility index (Phi) is 3.25. The van der Waals surface area contributed by atoms with Crippen LogP contribution in [0.5, 0.6) is 0 Å². The van der Waals surface area contributed by atoms with Gasteiger partial charge >= 0.3 is 0 Å². The van der Waals surface area contributed by atoms with Crippen LogP contribution in [-0.4, -0.2) is 10.4 Å². The molecule has 1 aromatic carbocycles. The van der Waals surface area contributed by atoms with Gasteiger partial charge < -0.3 is 4.57 Å². The van der Waals surface area contributed by atoms with Crippen LogP contribution in [0.25, 0.3) is 0 Å². The highest BCUT2D eigenvalue weighted by atomic mass is 79.9. The zero-order valence-electron chi connectivity index (χ0n) is 8.93. The Morgan fingerprint density at radius 2 is 1.88 bits per heavy atom. The number of alkyl halides is 1. The molecule has 0 amide bonds. The summed E-state index contributed by atoms with van der Waals surface area (Å²) in [5.41, 5.74) is 1.69. The maximum atomic E-state index is 12.2. The van der Waals surface area contributed by atoms with Gasteiger partial charge in [0.15, 0.2) is 5.78 Å². The summed E-state index contributed by atoms with van der Waals surface area (Å²) in [4.78, 5) is 11.9. The zero-order chi connectivity index (χ0) is 11.5. The fourth-order valence-electron chi connectivity index (χ4n) is 1.62. The lowest BCUT2D eigenvalue weighted by atomic mass is 10.1. The third-order valence-corrected chi connectivity index (χ3v) is 3.46. The molecule has 0 saturated carbocycles. The van der Waals surface area contributed by atoms with Gasteiger partial charge in [0, 0.05) is 13.2 Å². The van der Waals surface area contributed by atoms with E-state index in [1.54, 1.807) is 0 Å². The number of halogens is 1. The topological polar surface area (TPSA) is 22.0 Å². The molecule has 0 bridgehead atoms. The molecule has 0 fully saturated rings. The molecule has 0 aliphatic carbocycles. The van der Waals surface area contributed by atoms with Crippen LogP contribution in [0, 0.1) is 0 Å². The molecule has 0 aliphatic heterocycles. The minimum Gasteiger partial charge on any atom is -0.348 e. The Hall–Kier alpha value is -1.35. The third kappa shape index (κ3) is 2.09. The van der Waals surface area contributed by atoms with E-state index in [1.165, 1.54) is 0 Å². The number of hydrogen-bond acceptors (Lipinski definition) is 1. The highest BCUT2D eigenvalue weighted by molar-refractivity contribution is 9.09. The Morgan fingerprint density at radius 1 is 1.19 bits per heavy atom. The lowest BCUT2D eigenvalue weighted by Crippen LogP contribution is -2.10. The molecule has 2 nitrogen and oxygen atoms in total. The largest absolute Gasteiger partial charge is 0.348 e. The molecule has 1 atom stereocenters. The summed E-state index contributed by atoms with van der Waals surface area (Å²) in [6.07, 6.45) is 1.87. The van der Waals surface area contributed by atoms with Gasteiger partial charge in [0.1, 0.15) is 4.83 Å². The number of carbonyl (C=O) groups is 1. The monoisotopic (exact) mass is 277 g/mol. The number of hydrogen-bond donors (Lipinski definition) is 0. The molecule has 82 valence electrons. The molecule has 1 heterocycles. The number of aromatic nitrogens is 1. The number of ketones is 1. The second-order valence-electron chi connectivity index (χ2n) is 3.64. The summed E-state index contributed by atoms with van der Waals surface area (Å²) in [5.74, 6) is 0.0821. The summed E-state index contributed by atoms with van der Waals surface area (Å²) in [6, 6.07) is 13.4. The Labute approximate surface area is 103 Å². The SMILES string of the molecule is Cn1cccc1C(=O)C(Br)c1ccccc1. The molecule has 0 N–H and O–H groups in total. The van der Waals surface area contributed by atoms with Crippen LogP contribution in [0.4, 0.5) is 0 Å². The van der Waals surface area contributed by atoms with Crippen molar-refractivity contribution in [2.75, 3.05) is 0 Å². The predicted octanol–water partition coefficient (Wildman–Crippen LogP) is 3.34. The normalized spacial score (nSPS) is 12.4. The second kappa shape index (κ2) is 4.66. The fraction of sp³-hybridized carbons (Fsp3) is 0.154. The number of benzene rings is 1. The smallest absolute Gasteiger partial charge is 0.197 e. The van der Waals surface area contributed by atoms with E-state index in [9.17, 15) is 4.79 Å². The van der Waals surface area contributed by atoms with E-state index in [4.69, 9.17) is 0 Å². The van der Waals surface area contributed by atoms with Crippen LogP contribution in [0.15, 0.2) is 48.7 Å². The first-order valence-electron chi connectivity index (χ1n) is 5.04. The first-order valence-corrected chi connectivity index (χ1v) is 5.96. The van der Waals surface area contributed by atoms with Crippen molar-refractivity contribution >= 4 is 21.7 Å². The van der Waals surface area contributed by atoms with Crippen LogP contribution >= 0.6 is 15.9 Å². The number of Topliss-reactive ketones (excluding diaryl/α,β-unsaturated/α-hetero) is 1. The number of rotatable bonds is 3. The summed E-state index contributed by atoms with van der Waals surface area (Å²) in [7, 11) is 1.87. The van der Waals surface area contributed by atoms with Gasteiger partial charge in [-0.15, -0.1) is 0 Å². The van der Waals surface area contributed by atoms with E-state index >= 15 is 0 Å². The molecule has 0 spiro atoms. The van der Waals surface area contributed by atoms with Crippen LogP contribution in [0.1, 0.15) is 20.9 Å². The summed E-state index contributed by atoms with van der Waals surface area (Å²) in [5, 5.41) is 0. The van der Waals surface area contributed by atoms with E-state index in [-0.39, 0.29) is 10.6 Å². The molecular weight excluding hydrogens is 266 g/mol. The van der Waals surface area contributed by atoms with Crippen molar-refractivity contribution in [1.29, 1.82) is 0 Å². The maximum absolute atomic E-state index is 12.2. The van der Waals surface area contributed by atoms with Gasteiger partial charge in [-0.2, -0.15) is 0 Å². The quantitative estimate of drug-likeness (QED) is 0.623. The highest BCUT2D eigenvalue weighted by Crippen LogP contribution is 2.26. The van der Waals surface area contributed by atoms with Crippen LogP contribution in [-0.2, 0) is 7.05 Å². The third-order valence-electron chi connectivity index (χ3n) is 2.52. The lowest BCUT2D eigenvalue weighted by Gasteiger charge is -2.09. The molecule has 3 heteroatoms. The summed E-state index contributed by atoms with van der Waals surface area (Å²) >= 11 is 3.44. The minimum atomic E-state index is -0.276. The maximum Gasteiger partial charge on any atom is 0.197 e. The van der Waals surface area contributed by atoms with Gasteiger partial charge in [-0.3, -0.25) is 4.79 Å². The standard InChI is InChI=1S/C13H12BrNO/c1-15-9-5-8-11(15)13(16)12(14)10-6-3-2-4-7-10/h2-9,12H,1H3. The van der Waals surface area contributed by atoms with Crippen molar-refractivity contribution in [2.24, 2.45) is 7.05 Å². The average Bonchev–Trinajstić information content (AvgIpc) is 2.75. The van der Waals surface area contributed by atoms with Crippen molar-refractivity contribution in [3.63, 3.8) is 0 Å². The van der Waals surface area contributed by atoms with Gasteiger partial charge in [-0.05, 0) is 17.7 Å². The fourth-order valence-corrected chi connectivity index (χ4v) is 2.16. The van der Waals surface area contributed by atoms with Crippen molar-refractivity contribution in [2.45, 2.75) is 4.83 Å². The number of aryl methyl sites for hydroxylation is 1. The van der Waals surface area contributed by atoms with E-state index in [1.807, 2.05) is 60.3 Å². The van der Waals surface area contributed by atoms with Gasteiger partial charge in [0.05, 0.1) is 5.69 Å². The van der Waals surface area contributed by atoms with Gasteiger partial charge in [-0.25, -0.2) is 0 Å². The Bertz CT molecular complexity index is 490. The lowest BCUT2D eigenvalue weighted by molar-refractivity contribution is 0.0984. The van der Waals surface area contributed by atoms with Gasteiger partial charge in [0.25, 0.3) is 0 Å². The van der Waals surface area contributed by atoms with E-state index in [0.717, 1.165) is 5.56 Å². The van der Waals surface area contributed by atoms with Crippen LogP contribution < -0.4 is 0 Å². The molecule has 0 aliphatic rings. The van der Waals surface area contributed by atoms with Crippen molar-refractivity contribution in [1.82, 2.24) is 4.57 Å². The van der Waals surface area contributed by atoms with Crippen LogP contribution in [0.2, 0.25) is 0 Å². The molecule has 2 rings (SSSR count). The number of carbonyl (C=O) groups excluding carboxylic acids is 1. The molecule has 16 heavy (non-hydrogen) atoms. The van der Waals surface area contributed by atoms with Crippen LogP contribution in [0.3, 0.4) is 0 Å². The first kappa shape index (κ1) is 11.1. The van der Waals surface area contributed by atoms with Gasteiger partial charge in [0.2, 0.25) is 0 Å². The van der Waals surface area contributed by atoms with E-state index in [2.05, 4.69) is 15.9 Å². The van der Waals surface area contributed by atoms with Crippen molar-refractivity contribution < 1.29 is 4.79 Å². The van der Waals surface area contributed by atoms with Gasteiger partial charge in [-0.1, -0.05) is 46.3 Å². The zero-order valence-corrected chi connectivity index (χ0v) is 10.5. The van der Waals surface area contributed by atoms with E-state index < -0.39 is 0 Å². The van der Waals surface area contributed by atoms with Crippen molar-refractivity contribution in [3.8, 4) is 0 Å². The molecule has 2 aromatic rings. The summed E-state index contributed by atoms with van der Waals surface area (Å²) < 4.78 is 1.83. The Balaban J connectivity index is 2.27. The predicted molar refractivity (Wildman–Crippen MR) is 67.9 cm³/mol. The highest BCUT2D eigenvalue weighted by Gasteiger charge is 2.20. The first-order chi connectivity index (χ1) is 7.70. The minimum absolute atomic E-state index is 0.0821. The number of nitrogens with zero attached hydrogens (tertiary/aromatic N) is 1. The average molecular weight is 278 g/mol. The molecule has 0 saturated heterocycles. The summed E-state index contributed by atoms with van der Waals surface area (Å²) in [6.45, 7) is 0. The molecule has 0 radical (unpaired) electrons. The molecular formula is C13H12BrNO. The Morgan fingerprint density at radius 3 is 2.44 bits per heavy atom. The second-order valence-corrected chi connectivity index (χ2v) is 4.56. The molecule has 1 aromatic heterocycles.